The third-order valence-electron chi connectivity index (χ3n) is 6.59. The summed E-state index contributed by atoms with van der Waals surface area (Å²) in [5.74, 6) is -1.73. The fraction of sp³-hybridized carbons (Fsp3) is 0.231. The van der Waals surface area contributed by atoms with Crippen molar-refractivity contribution in [3.63, 3.8) is 0 Å². The number of hydrogen-bond donors (Lipinski definition) is 3. The number of rotatable bonds is 7. The lowest BCUT2D eigenvalue weighted by Crippen LogP contribution is -2.65. The number of carboxylic acids is 1. The maximum Gasteiger partial charge on any atom is 0.312 e. The number of anilines is 3. The van der Waals surface area contributed by atoms with Gasteiger partial charge in [0.2, 0.25) is 5.91 Å². The van der Waals surface area contributed by atoms with Gasteiger partial charge in [0.05, 0.1) is 0 Å². The molecule has 1 fully saturated rings. The number of para-hydroxylation sites is 1. The van der Waals surface area contributed by atoms with Crippen LogP contribution in [0.5, 0.6) is 0 Å². The number of nitrogen functional groups attached to an aromatic ring is 1. The summed E-state index contributed by atoms with van der Waals surface area (Å²) < 4.78 is 0. The number of carbonyl (C=O) groups is 2. The Kier molecular flexibility index (Phi) is 5.61. The van der Waals surface area contributed by atoms with Crippen LogP contribution >= 0.6 is 0 Å². The zero-order valence-electron chi connectivity index (χ0n) is 17.8. The molecule has 0 bridgehead atoms. The van der Waals surface area contributed by atoms with Crippen LogP contribution < -0.4 is 16.4 Å². The lowest BCUT2D eigenvalue weighted by molar-refractivity contribution is -0.158. The molecule has 164 valence electrons. The molecule has 3 aromatic carbocycles. The molecule has 0 aliphatic heterocycles. The first-order chi connectivity index (χ1) is 15.4. The first-order valence-electron chi connectivity index (χ1n) is 10.7. The van der Waals surface area contributed by atoms with Gasteiger partial charge in [-0.05, 0) is 48.7 Å². The van der Waals surface area contributed by atoms with Crippen molar-refractivity contribution in [3.8, 4) is 0 Å². The van der Waals surface area contributed by atoms with Crippen LogP contribution in [0.3, 0.4) is 0 Å². The summed E-state index contributed by atoms with van der Waals surface area (Å²) in [7, 11) is 0. The number of aliphatic carboxylic acids is 1. The van der Waals surface area contributed by atoms with E-state index in [1.165, 1.54) is 0 Å². The van der Waals surface area contributed by atoms with Gasteiger partial charge in [0.15, 0.2) is 5.54 Å². The van der Waals surface area contributed by atoms with Gasteiger partial charge in [-0.15, -0.1) is 0 Å². The van der Waals surface area contributed by atoms with Crippen LogP contribution in [0.1, 0.15) is 31.2 Å². The maximum absolute atomic E-state index is 13.7. The van der Waals surface area contributed by atoms with E-state index in [0.717, 1.165) is 0 Å². The molecule has 5 N–H and O–H groups in total. The summed E-state index contributed by atoms with van der Waals surface area (Å²) in [6, 6.07) is 25.4. The van der Waals surface area contributed by atoms with Gasteiger partial charge in [-0.2, -0.15) is 0 Å². The van der Waals surface area contributed by atoms with Gasteiger partial charge in [-0.25, -0.2) is 0 Å². The van der Waals surface area contributed by atoms with Gasteiger partial charge in [-0.3, -0.25) is 9.59 Å². The van der Waals surface area contributed by atoms with Gasteiger partial charge >= 0.3 is 5.97 Å². The minimum atomic E-state index is -1.67. The predicted molar refractivity (Wildman–Crippen MR) is 125 cm³/mol. The summed E-state index contributed by atoms with van der Waals surface area (Å²) in [6.45, 7) is 0. The van der Waals surface area contributed by atoms with Crippen molar-refractivity contribution < 1.29 is 14.7 Å². The summed E-state index contributed by atoms with van der Waals surface area (Å²) in [4.78, 5) is 28.5. The molecule has 32 heavy (non-hydrogen) atoms. The molecule has 3 aromatic rings. The maximum atomic E-state index is 13.7. The normalized spacial score (nSPS) is 16.8. The highest BCUT2D eigenvalue weighted by atomic mass is 16.4. The summed E-state index contributed by atoms with van der Waals surface area (Å²) >= 11 is 0. The molecular formula is C26H27N3O3. The second-order valence-electron chi connectivity index (χ2n) is 8.30. The molecule has 0 radical (unpaired) electrons. The summed E-state index contributed by atoms with van der Waals surface area (Å²) in [6.07, 6.45) is 2.08. The van der Waals surface area contributed by atoms with Crippen molar-refractivity contribution in [1.29, 1.82) is 0 Å². The van der Waals surface area contributed by atoms with E-state index in [4.69, 9.17) is 11.5 Å². The summed E-state index contributed by atoms with van der Waals surface area (Å²) in [5, 5.41) is 10.6. The van der Waals surface area contributed by atoms with E-state index in [-0.39, 0.29) is 0 Å². The molecule has 1 aliphatic carbocycles. The largest absolute Gasteiger partial charge is 0.481 e. The first kappa shape index (κ1) is 21.4. The Hall–Kier alpha value is -3.80. The fourth-order valence-electron chi connectivity index (χ4n) is 5.27. The number of hydrogen-bond acceptors (Lipinski definition) is 4. The van der Waals surface area contributed by atoms with Gasteiger partial charge in [-0.1, -0.05) is 67.4 Å². The summed E-state index contributed by atoms with van der Waals surface area (Å²) in [5.41, 5.74) is 11.6. The van der Waals surface area contributed by atoms with Gasteiger partial charge in [0.25, 0.3) is 0 Å². The van der Waals surface area contributed by atoms with E-state index >= 15 is 0 Å². The monoisotopic (exact) mass is 429 g/mol. The average molecular weight is 430 g/mol. The van der Waals surface area contributed by atoms with Crippen LogP contribution in [-0.2, 0) is 15.1 Å². The molecule has 0 saturated heterocycles. The van der Waals surface area contributed by atoms with Crippen LogP contribution in [-0.4, -0.2) is 17.0 Å². The van der Waals surface area contributed by atoms with Crippen molar-refractivity contribution in [2.75, 3.05) is 10.6 Å². The zero-order chi connectivity index (χ0) is 22.8. The van der Waals surface area contributed by atoms with E-state index in [0.29, 0.717) is 48.3 Å². The topological polar surface area (TPSA) is 110 Å². The third-order valence-corrected chi connectivity index (χ3v) is 6.59. The molecule has 0 spiro atoms. The Morgan fingerprint density at radius 3 is 1.94 bits per heavy atom. The molecule has 4 rings (SSSR count). The number of nitrogens with two attached hydrogens (primary N) is 2. The second-order valence-corrected chi connectivity index (χ2v) is 8.30. The van der Waals surface area contributed by atoms with Crippen molar-refractivity contribution in [1.82, 2.24) is 0 Å². The molecule has 6 heteroatoms. The number of amides is 1. The average Bonchev–Trinajstić information content (AvgIpc) is 3.30. The SMILES string of the molecule is NC(=O)C(c1ccccc1)(N(c1ccccc1)c1cccc(N)c1)C1(C(=O)O)CCCC1. The van der Waals surface area contributed by atoms with Crippen LogP contribution in [0.4, 0.5) is 17.1 Å². The standard InChI is InChI=1S/C26H27N3O3/c27-20-12-9-15-22(18-20)29(21-13-5-2-6-14-21)26(23(28)30,19-10-3-1-4-11-19)25(24(31)32)16-7-8-17-25/h1-6,9-15,18H,7-8,16-17,27H2,(H2,28,30)(H,31,32). The fourth-order valence-corrected chi connectivity index (χ4v) is 5.27. The van der Waals surface area contributed by atoms with Gasteiger partial charge in [0.1, 0.15) is 5.41 Å². The van der Waals surface area contributed by atoms with Crippen LogP contribution in [0.2, 0.25) is 0 Å². The molecule has 1 saturated carbocycles. The number of nitrogens with zero attached hydrogens (tertiary/aromatic N) is 1. The molecular weight excluding hydrogens is 402 g/mol. The van der Waals surface area contributed by atoms with Crippen molar-refractivity contribution in [2.24, 2.45) is 11.1 Å². The molecule has 1 atom stereocenters. The highest BCUT2D eigenvalue weighted by molar-refractivity contribution is 6.00. The highest BCUT2D eigenvalue weighted by Crippen LogP contribution is 2.57. The minimum absolute atomic E-state index is 0.339. The third kappa shape index (κ3) is 3.19. The van der Waals surface area contributed by atoms with E-state index < -0.39 is 22.8 Å². The second kappa shape index (κ2) is 8.38. The van der Waals surface area contributed by atoms with Crippen molar-refractivity contribution in [3.05, 3.63) is 90.5 Å². The predicted octanol–water partition coefficient (Wildman–Crippen LogP) is 4.43. The molecule has 1 unspecified atom stereocenters. The number of benzene rings is 3. The van der Waals surface area contributed by atoms with E-state index in [1.54, 1.807) is 47.4 Å². The smallest absolute Gasteiger partial charge is 0.312 e. The van der Waals surface area contributed by atoms with Gasteiger partial charge in [0, 0.05) is 17.1 Å². The molecule has 1 aliphatic rings. The Morgan fingerprint density at radius 1 is 0.844 bits per heavy atom. The van der Waals surface area contributed by atoms with E-state index in [2.05, 4.69) is 0 Å². The first-order valence-corrected chi connectivity index (χ1v) is 10.7. The molecule has 0 heterocycles. The van der Waals surface area contributed by atoms with E-state index in [1.807, 2.05) is 42.5 Å². The lowest BCUT2D eigenvalue weighted by Gasteiger charge is -2.52. The number of carboxylic acid groups (broad SMARTS) is 1. The lowest BCUT2D eigenvalue weighted by atomic mass is 9.62. The zero-order valence-corrected chi connectivity index (χ0v) is 17.8. The Morgan fingerprint density at radius 2 is 1.41 bits per heavy atom. The molecule has 6 nitrogen and oxygen atoms in total. The minimum Gasteiger partial charge on any atom is -0.481 e. The quantitative estimate of drug-likeness (QED) is 0.481. The van der Waals surface area contributed by atoms with Crippen LogP contribution in [0, 0.1) is 5.41 Å². The van der Waals surface area contributed by atoms with E-state index in [9.17, 15) is 14.7 Å². The molecule has 0 aromatic heterocycles. The Labute approximate surface area is 187 Å². The molecule has 1 amide bonds. The van der Waals surface area contributed by atoms with Crippen molar-refractivity contribution in [2.45, 2.75) is 31.2 Å². The van der Waals surface area contributed by atoms with Crippen LogP contribution in [0.25, 0.3) is 0 Å². The Balaban J connectivity index is 2.16. The number of primary amides is 1. The van der Waals surface area contributed by atoms with Crippen molar-refractivity contribution >= 4 is 28.9 Å². The highest BCUT2D eigenvalue weighted by Gasteiger charge is 2.65. The van der Waals surface area contributed by atoms with Gasteiger partial charge < -0.3 is 21.5 Å². The van der Waals surface area contributed by atoms with Crippen LogP contribution in [0.15, 0.2) is 84.9 Å². The Bertz CT molecular complexity index is 1110. The number of carbonyl (C=O) groups excluding carboxylic acids is 1.